The molecule has 1 aromatic carbocycles. The Hall–Kier alpha value is -1.39. The van der Waals surface area contributed by atoms with Gasteiger partial charge in [-0.05, 0) is 12.6 Å². The normalized spacial score (nSPS) is 20.4. The van der Waals surface area contributed by atoms with Crippen LogP contribution in [0.1, 0.15) is 25.5 Å². The van der Waals surface area contributed by atoms with Crippen LogP contribution in [0.2, 0.25) is 0 Å². The summed E-state index contributed by atoms with van der Waals surface area (Å²) in [4.78, 5) is 16.7. The van der Waals surface area contributed by atoms with Gasteiger partial charge in [-0.2, -0.15) is 0 Å². The van der Waals surface area contributed by atoms with E-state index in [0.29, 0.717) is 12.6 Å². The fourth-order valence-electron chi connectivity index (χ4n) is 2.57. The number of likely N-dealkylation sites (N-methyl/N-ethyl adjacent to an activating group) is 1. The second kappa shape index (κ2) is 6.86. The summed E-state index contributed by atoms with van der Waals surface area (Å²) in [5.74, 6) is 0.195. The second-order valence-electron chi connectivity index (χ2n) is 5.81. The quantitative estimate of drug-likeness (QED) is 0.904. The van der Waals surface area contributed by atoms with E-state index in [-0.39, 0.29) is 11.9 Å². The van der Waals surface area contributed by atoms with E-state index < -0.39 is 0 Å². The number of hydrogen-bond acceptors (Lipinski definition) is 3. The van der Waals surface area contributed by atoms with E-state index in [1.54, 1.807) is 0 Å². The van der Waals surface area contributed by atoms with E-state index in [1.807, 2.05) is 23.1 Å². The van der Waals surface area contributed by atoms with Crippen molar-refractivity contribution in [3.63, 3.8) is 0 Å². The lowest BCUT2D eigenvalue weighted by Crippen LogP contribution is -2.51. The fraction of sp³-hybridized carbons (Fsp3) is 0.562. The Bertz CT molecular complexity index is 433. The van der Waals surface area contributed by atoms with Gasteiger partial charge in [-0.25, -0.2) is 0 Å². The largest absolute Gasteiger partial charge is 0.332 e. The van der Waals surface area contributed by atoms with Crippen molar-refractivity contribution in [1.29, 1.82) is 0 Å². The van der Waals surface area contributed by atoms with Crippen molar-refractivity contribution in [2.24, 2.45) is 0 Å². The molecule has 1 heterocycles. The molecule has 0 spiro atoms. The maximum absolute atomic E-state index is 12.4. The van der Waals surface area contributed by atoms with Crippen molar-refractivity contribution in [2.45, 2.75) is 25.9 Å². The molecular weight excluding hydrogens is 250 g/mol. The highest BCUT2D eigenvalue weighted by Crippen LogP contribution is 2.24. The van der Waals surface area contributed by atoms with Crippen LogP contribution >= 0.6 is 0 Å². The SMILES string of the molecule is CC(C)NCC(=O)N1CCN(C)CC1c1ccccc1. The third-order valence-corrected chi connectivity index (χ3v) is 3.75. The van der Waals surface area contributed by atoms with Crippen LogP contribution in [0.15, 0.2) is 30.3 Å². The van der Waals surface area contributed by atoms with Gasteiger partial charge in [0.25, 0.3) is 0 Å². The smallest absolute Gasteiger partial charge is 0.237 e. The Kier molecular flexibility index (Phi) is 5.15. The van der Waals surface area contributed by atoms with Crippen LogP contribution < -0.4 is 5.32 Å². The maximum Gasteiger partial charge on any atom is 0.237 e. The van der Waals surface area contributed by atoms with Crippen molar-refractivity contribution in [3.8, 4) is 0 Å². The molecule has 1 amide bonds. The lowest BCUT2D eigenvalue weighted by atomic mass is 10.0. The van der Waals surface area contributed by atoms with Gasteiger partial charge in [0, 0.05) is 25.7 Å². The zero-order chi connectivity index (χ0) is 14.5. The molecule has 110 valence electrons. The molecule has 0 saturated carbocycles. The molecule has 1 atom stereocenters. The van der Waals surface area contributed by atoms with Crippen LogP contribution in [0.25, 0.3) is 0 Å². The first-order chi connectivity index (χ1) is 9.58. The number of amides is 1. The first-order valence-corrected chi connectivity index (χ1v) is 7.34. The summed E-state index contributed by atoms with van der Waals surface area (Å²) >= 11 is 0. The molecule has 1 N–H and O–H groups in total. The molecule has 4 nitrogen and oxygen atoms in total. The Balaban J connectivity index is 2.10. The predicted octanol–water partition coefficient (Wildman–Crippen LogP) is 1.50. The number of piperazine rings is 1. The minimum absolute atomic E-state index is 0.163. The van der Waals surface area contributed by atoms with Crippen LogP contribution in [-0.2, 0) is 4.79 Å². The van der Waals surface area contributed by atoms with Crippen molar-refractivity contribution in [2.75, 3.05) is 33.2 Å². The summed E-state index contributed by atoms with van der Waals surface area (Å²) in [6, 6.07) is 10.8. The zero-order valence-corrected chi connectivity index (χ0v) is 12.7. The Morgan fingerprint density at radius 2 is 2.00 bits per heavy atom. The van der Waals surface area contributed by atoms with Crippen molar-refractivity contribution < 1.29 is 4.79 Å². The second-order valence-corrected chi connectivity index (χ2v) is 5.81. The minimum Gasteiger partial charge on any atom is -0.332 e. The zero-order valence-electron chi connectivity index (χ0n) is 12.7. The van der Waals surface area contributed by atoms with Gasteiger partial charge >= 0.3 is 0 Å². The summed E-state index contributed by atoms with van der Waals surface area (Å²) in [6.45, 7) is 7.19. The number of carbonyl (C=O) groups is 1. The highest BCUT2D eigenvalue weighted by Gasteiger charge is 2.29. The molecule has 20 heavy (non-hydrogen) atoms. The topological polar surface area (TPSA) is 35.6 Å². The molecule has 1 aliphatic heterocycles. The molecule has 1 unspecified atom stereocenters. The van der Waals surface area contributed by atoms with Crippen molar-refractivity contribution >= 4 is 5.91 Å². The average Bonchev–Trinajstić information content (AvgIpc) is 2.45. The number of rotatable bonds is 4. The molecule has 1 saturated heterocycles. The molecule has 0 aromatic heterocycles. The third kappa shape index (κ3) is 3.81. The third-order valence-electron chi connectivity index (χ3n) is 3.75. The number of nitrogens with one attached hydrogen (secondary N) is 1. The monoisotopic (exact) mass is 275 g/mol. The van der Waals surface area contributed by atoms with Crippen LogP contribution in [0.3, 0.4) is 0 Å². The molecule has 1 aromatic rings. The lowest BCUT2D eigenvalue weighted by molar-refractivity contribution is -0.135. The summed E-state index contributed by atoms with van der Waals surface area (Å²) < 4.78 is 0. The van der Waals surface area contributed by atoms with Crippen LogP contribution in [0.4, 0.5) is 0 Å². The number of nitrogens with zero attached hydrogens (tertiary/aromatic N) is 2. The van der Waals surface area contributed by atoms with E-state index in [9.17, 15) is 4.79 Å². The van der Waals surface area contributed by atoms with Gasteiger partial charge in [-0.3, -0.25) is 4.79 Å². The van der Waals surface area contributed by atoms with Gasteiger partial charge in [0.2, 0.25) is 5.91 Å². The lowest BCUT2D eigenvalue weighted by Gasteiger charge is -2.40. The first-order valence-electron chi connectivity index (χ1n) is 7.34. The van der Waals surface area contributed by atoms with E-state index in [0.717, 1.165) is 19.6 Å². The van der Waals surface area contributed by atoms with Gasteiger partial charge in [-0.1, -0.05) is 44.2 Å². The summed E-state index contributed by atoms with van der Waals surface area (Å²) in [6.07, 6.45) is 0. The highest BCUT2D eigenvalue weighted by molar-refractivity contribution is 5.79. The van der Waals surface area contributed by atoms with E-state index >= 15 is 0 Å². The molecule has 4 heteroatoms. The molecule has 0 radical (unpaired) electrons. The van der Waals surface area contributed by atoms with Gasteiger partial charge in [0.1, 0.15) is 0 Å². The summed E-state index contributed by atoms with van der Waals surface area (Å²) in [5, 5.41) is 3.22. The summed E-state index contributed by atoms with van der Waals surface area (Å²) in [7, 11) is 2.12. The van der Waals surface area contributed by atoms with Crippen molar-refractivity contribution in [1.82, 2.24) is 15.1 Å². The van der Waals surface area contributed by atoms with E-state index in [2.05, 4.69) is 43.2 Å². The maximum atomic E-state index is 12.4. The predicted molar refractivity (Wildman–Crippen MR) is 81.5 cm³/mol. The van der Waals surface area contributed by atoms with Crippen LogP contribution in [0, 0.1) is 0 Å². The molecule has 2 rings (SSSR count). The minimum atomic E-state index is 0.163. The molecule has 1 fully saturated rings. The molecular formula is C16H25N3O. The highest BCUT2D eigenvalue weighted by atomic mass is 16.2. The standard InChI is InChI=1S/C16H25N3O/c1-13(2)17-11-16(20)19-10-9-18(3)12-15(19)14-7-5-4-6-8-14/h4-8,13,15,17H,9-12H2,1-3H3. The molecule has 1 aliphatic rings. The molecule has 0 aliphatic carbocycles. The van der Waals surface area contributed by atoms with E-state index in [1.165, 1.54) is 5.56 Å². The fourth-order valence-corrected chi connectivity index (χ4v) is 2.57. The first kappa shape index (κ1) is 15.0. The van der Waals surface area contributed by atoms with Gasteiger partial charge in [0.05, 0.1) is 12.6 Å². The Morgan fingerprint density at radius 3 is 2.65 bits per heavy atom. The summed E-state index contributed by atoms with van der Waals surface area (Å²) in [5.41, 5.74) is 1.22. The van der Waals surface area contributed by atoms with Crippen LogP contribution in [0.5, 0.6) is 0 Å². The molecule has 0 bridgehead atoms. The number of carbonyl (C=O) groups excluding carboxylic acids is 1. The van der Waals surface area contributed by atoms with Gasteiger partial charge < -0.3 is 15.1 Å². The number of hydrogen-bond donors (Lipinski definition) is 1. The van der Waals surface area contributed by atoms with Gasteiger partial charge in [0.15, 0.2) is 0 Å². The van der Waals surface area contributed by atoms with Crippen LogP contribution in [-0.4, -0.2) is 55.0 Å². The average molecular weight is 275 g/mol. The van der Waals surface area contributed by atoms with Crippen molar-refractivity contribution in [3.05, 3.63) is 35.9 Å². The van der Waals surface area contributed by atoms with E-state index in [4.69, 9.17) is 0 Å². The Labute approximate surface area is 121 Å². The van der Waals surface area contributed by atoms with Gasteiger partial charge in [-0.15, -0.1) is 0 Å². The number of benzene rings is 1. The Morgan fingerprint density at radius 1 is 1.30 bits per heavy atom.